The average Bonchev–Trinajstić information content (AvgIpc) is 3.02. The first kappa shape index (κ1) is 21.2. The van der Waals surface area contributed by atoms with Crippen LogP contribution in [0, 0.1) is 17.5 Å². The van der Waals surface area contributed by atoms with E-state index in [-0.39, 0.29) is 17.0 Å². The van der Waals surface area contributed by atoms with E-state index in [0.717, 1.165) is 29.2 Å². The number of nitrogens with one attached hydrogen (secondary N) is 1. The maximum Gasteiger partial charge on any atom is 0.282 e. The van der Waals surface area contributed by atoms with Gasteiger partial charge < -0.3 is 10.1 Å². The van der Waals surface area contributed by atoms with Crippen LogP contribution in [0.1, 0.15) is 12.5 Å². The van der Waals surface area contributed by atoms with Crippen LogP contribution in [0.25, 0.3) is 5.57 Å². The summed E-state index contributed by atoms with van der Waals surface area (Å²) in [5, 5.41) is 2.73. The van der Waals surface area contributed by atoms with Gasteiger partial charge in [0.1, 0.15) is 17.3 Å². The molecule has 32 heavy (non-hydrogen) atoms. The van der Waals surface area contributed by atoms with Gasteiger partial charge in [-0.05, 0) is 61.0 Å². The van der Waals surface area contributed by atoms with Gasteiger partial charge in [0, 0.05) is 11.8 Å². The second-order valence-corrected chi connectivity index (χ2v) is 6.88. The zero-order chi connectivity index (χ0) is 22.8. The van der Waals surface area contributed by atoms with E-state index in [1.807, 2.05) is 6.92 Å². The number of hydrogen-bond acceptors (Lipinski definition) is 4. The lowest BCUT2D eigenvalue weighted by Crippen LogP contribution is -2.32. The molecule has 4 rings (SSSR count). The molecule has 3 aromatic rings. The van der Waals surface area contributed by atoms with Gasteiger partial charge >= 0.3 is 0 Å². The van der Waals surface area contributed by atoms with Crippen molar-refractivity contribution in [3.63, 3.8) is 0 Å². The van der Waals surface area contributed by atoms with Crippen molar-refractivity contribution in [2.24, 2.45) is 0 Å². The predicted octanol–water partition coefficient (Wildman–Crippen LogP) is 4.90. The maximum atomic E-state index is 13.7. The van der Waals surface area contributed by atoms with Crippen molar-refractivity contribution in [2.75, 3.05) is 16.8 Å². The monoisotopic (exact) mass is 438 g/mol. The molecule has 1 heterocycles. The first-order valence-corrected chi connectivity index (χ1v) is 9.73. The van der Waals surface area contributed by atoms with Crippen LogP contribution in [0.3, 0.4) is 0 Å². The van der Waals surface area contributed by atoms with Crippen LogP contribution in [-0.4, -0.2) is 18.4 Å². The van der Waals surface area contributed by atoms with Gasteiger partial charge in [-0.25, -0.2) is 18.1 Å². The highest BCUT2D eigenvalue weighted by molar-refractivity contribution is 6.46. The summed E-state index contributed by atoms with van der Waals surface area (Å²) in [6, 6.07) is 14.4. The van der Waals surface area contributed by atoms with E-state index in [1.54, 1.807) is 24.3 Å². The van der Waals surface area contributed by atoms with Crippen LogP contribution in [0.2, 0.25) is 0 Å². The lowest BCUT2D eigenvalue weighted by molar-refractivity contribution is -0.120. The number of hydrogen-bond donors (Lipinski definition) is 1. The molecule has 5 nitrogen and oxygen atoms in total. The number of anilines is 2. The van der Waals surface area contributed by atoms with Gasteiger partial charge in [-0.3, -0.25) is 9.59 Å². The molecule has 162 valence electrons. The topological polar surface area (TPSA) is 58.6 Å². The van der Waals surface area contributed by atoms with Gasteiger partial charge in [0.2, 0.25) is 0 Å². The van der Waals surface area contributed by atoms with Gasteiger partial charge in [0.25, 0.3) is 11.8 Å². The normalized spacial score (nSPS) is 13.7. The van der Waals surface area contributed by atoms with Crippen molar-refractivity contribution in [1.82, 2.24) is 0 Å². The van der Waals surface area contributed by atoms with Crippen molar-refractivity contribution in [3.05, 3.63) is 95.4 Å². The van der Waals surface area contributed by atoms with E-state index in [4.69, 9.17) is 4.74 Å². The van der Waals surface area contributed by atoms with E-state index in [2.05, 4.69) is 5.32 Å². The number of benzene rings is 3. The zero-order valence-electron chi connectivity index (χ0n) is 16.9. The third kappa shape index (κ3) is 3.94. The quantitative estimate of drug-likeness (QED) is 0.557. The Kier molecular flexibility index (Phi) is 5.68. The number of imide groups is 1. The van der Waals surface area contributed by atoms with Crippen LogP contribution in [0.5, 0.6) is 5.75 Å². The van der Waals surface area contributed by atoms with E-state index >= 15 is 0 Å². The van der Waals surface area contributed by atoms with Crippen molar-refractivity contribution in [3.8, 4) is 5.75 Å². The molecule has 0 unspecified atom stereocenters. The van der Waals surface area contributed by atoms with Crippen LogP contribution in [0.15, 0.2) is 72.4 Å². The number of nitrogens with zero attached hydrogens (tertiary/aromatic N) is 1. The Balaban J connectivity index is 1.77. The second-order valence-electron chi connectivity index (χ2n) is 6.88. The standard InChI is InChI=1S/C24H17F3N2O3/c1-2-32-18-10-8-17(9-11-18)29-23(30)21(14-3-5-15(25)6-4-14)22(24(29)31)28-16-7-12-19(26)20(27)13-16/h3-13,28H,2H2,1H3. The minimum atomic E-state index is -1.11. The minimum Gasteiger partial charge on any atom is -0.494 e. The second kappa shape index (κ2) is 8.58. The van der Waals surface area contributed by atoms with E-state index < -0.39 is 29.3 Å². The molecule has 0 bridgehead atoms. The van der Waals surface area contributed by atoms with Gasteiger partial charge in [-0.2, -0.15) is 0 Å². The summed E-state index contributed by atoms with van der Waals surface area (Å²) in [4.78, 5) is 27.5. The summed E-state index contributed by atoms with van der Waals surface area (Å²) in [5.74, 6) is -3.43. The van der Waals surface area contributed by atoms with E-state index in [1.165, 1.54) is 18.2 Å². The third-order valence-corrected chi connectivity index (χ3v) is 4.81. The van der Waals surface area contributed by atoms with Crippen LogP contribution in [0.4, 0.5) is 24.5 Å². The molecule has 1 aliphatic heterocycles. The van der Waals surface area contributed by atoms with Crippen LogP contribution in [-0.2, 0) is 9.59 Å². The summed E-state index contributed by atoms with van der Waals surface area (Å²) < 4.78 is 45.8. The summed E-state index contributed by atoms with van der Waals surface area (Å²) in [5.41, 5.74) is 0.511. The number of halogens is 3. The average molecular weight is 438 g/mol. The Morgan fingerprint density at radius 2 is 1.53 bits per heavy atom. The Morgan fingerprint density at radius 3 is 2.16 bits per heavy atom. The fourth-order valence-corrected chi connectivity index (χ4v) is 3.34. The number of carbonyl (C=O) groups is 2. The molecule has 0 atom stereocenters. The molecule has 0 spiro atoms. The van der Waals surface area contributed by atoms with Crippen LogP contribution >= 0.6 is 0 Å². The summed E-state index contributed by atoms with van der Waals surface area (Å²) >= 11 is 0. The highest BCUT2D eigenvalue weighted by Gasteiger charge is 2.40. The molecule has 0 radical (unpaired) electrons. The van der Waals surface area contributed by atoms with Crippen molar-refractivity contribution < 1.29 is 27.5 Å². The molecule has 0 saturated heterocycles. The molecule has 0 saturated carbocycles. The molecule has 0 aliphatic carbocycles. The van der Waals surface area contributed by atoms with Gasteiger partial charge in [0.15, 0.2) is 11.6 Å². The van der Waals surface area contributed by atoms with E-state index in [0.29, 0.717) is 23.6 Å². The highest BCUT2D eigenvalue weighted by atomic mass is 19.2. The SMILES string of the molecule is CCOc1ccc(N2C(=O)C(Nc3ccc(F)c(F)c3)=C(c3ccc(F)cc3)C2=O)cc1. The van der Waals surface area contributed by atoms with Crippen molar-refractivity contribution >= 4 is 28.8 Å². The van der Waals surface area contributed by atoms with Gasteiger partial charge in [-0.1, -0.05) is 12.1 Å². The Morgan fingerprint density at radius 1 is 0.844 bits per heavy atom. The van der Waals surface area contributed by atoms with Crippen LogP contribution < -0.4 is 15.0 Å². The number of amides is 2. The lowest BCUT2D eigenvalue weighted by atomic mass is 10.0. The smallest absolute Gasteiger partial charge is 0.282 e. The van der Waals surface area contributed by atoms with Crippen molar-refractivity contribution in [1.29, 1.82) is 0 Å². The summed E-state index contributed by atoms with van der Waals surface area (Å²) in [6.07, 6.45) is 0. The fourth-order valence-electron chi connectivity index (χ4n) is 3.34. The lowest BCUT2D eigenvalue weighted by Gasteiger charge is -2.16. The molecule has 3 aromatic carbocycles. The highest BCUT2D eigenvalue weighted by Crippen LogP contribution is 2.34. The summed E-state index contributed by atoms with van der Waals surface area (Å²) in [6.45, 7) is 2.29. The molecule has 1 N–H and O–H groups in total. The Labute approximate surface area is 181 Å². The molecule has 0 aromatic heterocycles. The summed E-state index contributed by atoms with van der Waals surface area (Å²) in [7, 11) is 0. The largest absolute Gasteiger partial charge is 0.494 e. The predicted molar refractivity (Wildman–Crippen MR) is 113 cm³/mol. The van der Waals surface area contributed by atoms with Gasteiger partial charge in [-0.15, -0.1) is 0 Å². The van der Waals surface area contributed by atoms with Crippen molar-refractivity contribution in [2.45, 2.75) is 6.92 Å². The molecule has 8 heteroatoms. The molecular formula is C24H17F3N2O3. The first-order valence-electron chi connectivity index (χ1n) is 9.73. The molecule has 1 aliphatic rings. The Hall–Kier alpha value is -4.07. The third-order valence-electron chi connectivity index (χ3n) is 4.81. The molecule has 2 amide bonds. The first-order chi connectivity index (χ1) is 15.4. The Bertz CT molecular complexity index is 1220. The number of rotatable bonds is 6. The van der Waals surface area contributed by atoms with E-state index in [9.17, 15) is 22.8 Å². The fraction of sp³-hybridized carbons (Fsp3) is 0.0833. The maximum absolute atomic E-state index is 13.7. The minimum absolute atomic E-state index is 0.0198. The van der Waals surface area contributed by atoms with Gasteiger partial charge in [0.05, 0.1) is 17.9 Å². The molecule has 0 fully saturated rings. The number of ether oxygens (including phenoxy) is 1. The number of carbonyl (C=O) groups excluding carboxylic acids is 2. The zero-order valence-corrected chi connectivity index (χ0v) is 16.9. The molecular weight excluding hydrogens is 421 g/mol.